The lowest BCUT2D eigenvalue weighted by molar-refractivity contribution is 0.278. The summed E-state index contributed by atoms with van der Waals surface area (Å²) in [5, 5.41) is 3.66. The van der Waals surface area contributed by atoms with Crippen molar-refractivity contribution in [2.45, 2.75) is 31.7 Å². The Morgan fingerprint density at radius 1 is 1.39 bits per heavy atom. The van der Waals surface area contributed by atoms with E-state index in [0.717, 1.165) is 18.1 Å². The van der Waals surface area contributed by atoms with Gasteiger partial charge in [0, 0.05) is 12.2 Å². The molecule has 1 saturated heterocycles. The van der Waals surface area contributed by atoms with E-state index in [1.54, 1.807) is 13.3 Å². The quantitative estimate of drug-likeness (QED) is 0.868. The number of pyridine rings is 1. The molecule has 0 bridgehead atoms. The minimum atomic E-state index is 0.657. The summed E-state index contributed by atoms with van der Waals surface area (Å²) in [7, 11) is 1.69. The zero-order chi connectivity index (χ0) is 12.4. The molecule has 1 N–H and O–H groups in total. The molecule has 18 heavy (non-hydrogen) atoms. The van der Waals surface area contributed by atoms with E-state index < -0.39 is 0 Å². The average molecular weight is 244 g/mol. The second-order valence-electron chi connectivity index (χ2n) is 5.25. The normalized spacial score (nSPS) is 27.3. The van der Waals surface area contributed by atoms with E-state index in [1.165, 1.54) is 36.9 Å². The van der Waals surface area contributed by atoms with E-state index >= 15 is 0 Å². The largest absolute Gasteiger partial charge is 0.495 e. The van der Waals surface area contributed by atoms with Crippen molar-refractivity contribution in [2.24, 2.45) is 5.92 Å². The molecule has 1 aromatic rings. The van der Waals surface area contributed by atoms with Gasteiger partial charge in [-0.05, 0) is 55.3 Å². The zero-order valence-corrected chi connectivity index (χ0v) is 10.9. The number of methoxy groups -OCH3 is 1. The first-order valence-electron chi connectivity index (χ1n) is 6.78. The highest BCUT2D eigenvalue weighted by Crippen LogP contribution is 2.34. The van der Waals surface area contributed by atoms with Crippen molar-refractivity contribution >= 4 is 5.57 Å². The van der Waals surface area contributed by atoms with Gasteiger partial charge < -0.3 is 10.1 Å². The maximum absolute atomic E-state index is 5.25. The van der Waals surface area contributed by atoms with Crippen LogP contribution in [-0.2, 0) is 0 Å². The molecule has 3 nitrogen and oxygen atoms in total. The second kappa shape index (κ2) is 5.11. The summed E-state index contributed by atoms with van der Waals surface area (Å²) < 4.78 is 5.25. The van der Waals surface area contributed by atoms with Crippen LogP contribution in [0, 0.1) is 5.92 Å². The maximum Gasteiger partial charge on any atom is 0.137 e. The molecule has 1 fully saturated rings. The first-order chi connectivity index (χ1) is 8.86. The van der Waals surface area contributed by atoms with Crippen LogP contribution in [0.3, 0.4) is 0 Å². The van der Waals surface area contributed by atoms with Crippen LogP contribution in [0.5, 0.6) is 5.75 Å². The summed E-state index contributed by atoms with van der Waals surface area (Å²) in [5.41, 5.74) is 2.62. The van der Waals surface area contributed by atoms with Gasteiger partial charge in [0.15, 0.2) is 0 Å². The van der Waals surface area contributed by atoms with Crippen molar-refractivity contribution in [3.63, 3.8) is 0 Å². The average Bonchev–Trinajstić information content (AvgIpc) is 2.47. The summed E-state index contributed by atoms with van der Waals surface area (Å²) in [4.78, 5) is 4.25. The van der Waals surface area contributed by atoms with Crippen molar-refractivity contribution in [3.8, 4) is 5.75 Å². The third-order valence-electron chi connectivity index (χ3n) is 4.15. The molecule has 0 spiro atoms. The summed E-state index contributed by atoms with van der Waals surface area (Å²) in [6.45, 7) is 1.17. The van der Waals surface area contributed by atoms with Crippen LogP contribution in [0.25, 0.3) is 5.57 Å². The van der Waals surface area contributed by atoms with Crippen LogP contribution >= 0.6 is 0 Å². The number of nitrogens with zero attached hydrogens (tertiary/aromatic N) is 1. The van der Waals surface area contributed by atoms with Crippen LogP contribution in [-0.4, -0.2) is 24.7 Å². The molecule has 2 heterocycles. The number of hydrogen-bond acceptors (Lipinski definition) is 3. The lowest BCUT2D eigenvalue weighted by Gasteiger charge is -2.36. The Balaban J connectivity index is 1.81. The van der Waals surface area contributed by atoms with Gasteiger partial charge in [-0.25, -0.2) is 0 Å². The highest BCUT2D eigenvalue weighted by molar-refractivity contribution is 5.67. The number of nitrogens with one attached hydrogen (secondary N) is 1. The summed E-state index contributed by atoms with van der Waals surface area (Å²) in [6, 6.07) is 2.74. The van der Waals surface area contributed by atoms with Gasteiger partial charge in [-0.2, -0.15) is 0 Å². The van der Waals surface area contributed by atoms with E-state index in [2.05, 4.69) is 22.4 Å². The van der Waals surface area contributed by atoms with Gasteiger partial charge in [0.2, 0.25) is 0 Å². The molecule has 0 radical (unpaired) electrons. The molecule has 96 valence electrons. The molecule has 1 aliphatic heterocycles. The van der Waals surface area contributed by atoms with Crippen molar-refractivity contribution in [3.05, 3.63) is 30.1 Å². The maximum atomic E-state index is 5.25. The molecule has 3 heteroatoms. The Morgan fingerprint density at radius 2 is 2.33 bits per heavy atom. The van der Waals surface area contributed by atoms with Gasteiger partial charge in [-0.15, -0.1) is 0 Å². The number of ether oxygens (including phenoxy) is 1. The molecule has 3 rings (SSSR count). The molecular weight excluding hydrogens is 224 g/mol. The summed E-state index contributed by atoms with van der Waals surface area (Å²) in [5.74, 6) is 1.67. The predicted molar refractivity (Wildman–Crippen MR) is 72.5 cm³/mol. The number of aromatic nitrogens is 1. The molecular formula is C15H20N2O. The minimum Gasteiger partial charge on any atom is -0.495 e. The fraction of sp³-hybridized carbons (Fsp3) is 0.533. The van der Waals surface area contributed by atoms with Gasteiger partial charge in [-0.3, -0.25) is 4.98 Å². The minimum absolute atomic E-state index is 0.657. The molecule has 0 amide bonds. The monoisotopic (exact) mass is 244 g/mol. The lowest BCUT2D eigenvalue weighted by Crippen LogP contribution is -2.42. The Kier molecular flexibility index (Phi) is 3.33. The van der Waals surface area contributed by atoms with E-state index in [4.69, 9.17) is 4.74 Å². The highest BCUT2D eigenvalue weighted by atomic mass is 16.5. The molecule has 1 aromatic heterocycles. The summed E-state index contributed by atoms with van der Waals surface area (Å²) >= 11 is 0. The highest BCUT2D eigenvalue weighted by Gasteiger charge is 2.28. The molecule has 0 unspecified atom stereocenters. The second-order valence-corrected chi connectivity index (χ2v) is 5.25. The summed E-state index contributed by atoms with van der Waals surface area (Å²) in [6.07, 6.45) is 11.1. The van der Waals surface area contributed by atoms with Crippen molar-refractivity contribution in [1.29, 1.82) is 0 Å². The van der Waals surface area contributed by atoms with Gasteiger partial charge >= 0.3 is 0 Å². The Hall–Kier alpha value is -1.35. The van der Waals surface area contributed by atoms with Gasteiger partial charge in [-0.1, -0.05) is 6.08 Å². The van der Waals surface area contributed by atoms with Crippen LogP contribution in [0.1, 0.15) is 31.2 Å². The predicted octanol–water partition coefficient (Wildman–Crippen LogP) is 2.64. The Labute approximate surface area is 108 Å². The first-order valence-corrected chi connectivity index (χ1v) is 6.78. The Morgan fingerprint density at radius 3 is 3.22 bits per heavy atom. The van der Waals surface area contributed by atoms with E-state index in [9.17, 15) is 0 Å². The molecule has 2 atom stereocenters. The fourth-order valence-electron chi connectivity index (χ4n) is 3.10. The zero-order valence-electron chi connectivity index (χ0n) is 10.9. The number of hydrogen-bond donors (Lipinski definition) is 1. The van der Waals surface area contributed by atoms with E-state index in [-0.39, 0.29) is 0 Å². The third kappa shape index (κ3) is 2.27. The topological polar surface area (TPSA) is 34.1 Å². The van der Waals surface area contributed by atoms with E-state index in [1.807, 2.05) is 6.20 Å². The Bertz CT molecular complexity index is 456. The number of fused-ring (bicyclic) bond motifs is 1. The van der Waals surface area contributed by atoms with Crippen LogP contribution < -0.4 is 10.1 Å². The standard InChI is InChI=1S/C15H20N2O/c1-18-14-7-13(9-16-10-14)12-5-4-11-3-2-6-17-15(11)8-12/h5,7,9-11,15,17H,2-4,6,8H2,1H3/t11-,15+/m1/s1. The van der Waals surface area contributed by atoms with Crippen molar-refractivity contribution < 1.29 is 4.74 Å². The van der Waals surface area contributed by atoms with Crippen molar-refractivity contribution in [1.82, 2.24) is 10.3 Å². The van der Waals surface area contributed by atoms with Crippen molar-refractivity contribution in [2.75, 3.05) is 13.7 Å². The fourth-order valence-corrected chi connectivity index (χ4v) is 3.10. The van der Waals surface area contributed by atoms with Crippen LogP contribution in [0.2, 0.25) is 0 Å². The van der Waals surface area contributed by atoms with E-state index in [0.29, 0.717) is 6.04 Å². The van der Waals surface area contributed by atoms with Gasteiger partial charge in [0.05, 0.1) is 13.3 Å². The molecule has 0 aromatic carbocycles. The molecule has 1 aliphatic carbocycles. The SMILES string of the molecule is COc1cncc(C2=CC[C@H]3CCCN[C@H]3C2)c1. The van der Waals surface area contributed by atoms with Gasteiger partial charge in [0.1, 0.15) is 5.75 Å². The number of piperidine rings is 1. The van der Waals surface area contributed by atoms with Crippen LogP contribution in [0.4, 0.5) is 0 Å². The third-order valence-corrected chi connectivity index (χ3v) is 4.15. The van der Waals surface area contributed by atoms with Gasteiger partial charge in [0.25, 0.3) is 0 Å². The lowest BCUT2D eigenvalue weighted by atomic mass is 9.78. The number of allylic oxidation sites excluding steroid dienone is 1. The van der Waals surface area contributed by atoms with Crippen LogP contribution in [0.15, 0.2) is 24.5 Å². The number of rotatable bonds is 2. The first kappa shape index (κ1) is 11.7. The smallest absolute Gasteiger partial charge is 0.137 e. The molecule has 2 aliphatic rings. The molecule has 0 saturated carbocycles.